The van der Waals surface area contributed by atoms with Crippen molar-refractivity contribution in [1.29, 1.82) is 0 Å². The minimum Gasteiger partial charge on any atom is -0.478 e. The van der Waals surface area contributed by atoms with Gasteiger partial charge in [0, 0.05) is 11.5 Å². The van der Waals surface area contributed by atoms with Crippen molar-refractivity contribution < 1.29 is 20.1 Å². The van der Waals surface area contributed by atoms with Crippen molar-refractivity contribution in [1.82, 2.24) is 0 Å². The van der Waals surface area contributed by atoms with E-state index in [4.69, 9.17) is 10.6 Å². The second-order valence-corrected chi connectivity index (χ2v) is 3.69. The molecule has 0 radical (unpaired) electrons. The number of aliphatic hydroxyl groups is 2. The van der Waals surface area contributed by atoms with Crippen LogP contribution in [0.25, 0.3) is 10.4 Å². The molecule has 0 aliphatic rings. The van der Waals surface area contributed by atoms with Crippen LogP contribution in [-0.2, 0) is 0 Å². The Morgan fingerprint density at radius 1 is 1.44 bits per heavy atom. The van der Waals surface area contributed by atoms with E-state index < -0.39 is 18.2 Å². The molecule has 0 heterocycles. The van der Waals surface area contributed by atoms with Gasteiger partial charge in [0.1, 0.15) is 6.10 Å². The average Bonchev–Trinajstić information content (AvgIpc) is 2.38. The van der Waals surface area contributed by atoms with Crippen molar-refractivity contribution in [2.24, 2.45) is 5.11 Å². The molecule has 0 amide bonds. The molecule has 7 nitrogen and oxygen atoms in total. The molecule has 18 heavy (non-hydrogen) atoms. The maximum atomic E-state index is 10.8. The highest BCUT2D eigenvalue weighted by Gasteiger charge is 2.18. The lowest BCUT2D eigenvalue weighted by molar-refractivity contribution is 0.0149. The molecule has 1 aromatic rings. The first-order valence-electron chi connectivity index (χ1n) is 5.26. The van der Waals surface area contributed by atoms with E-state index in [1.807, 2.05) is 0 Å². The van der Waals surface area contributed by atoms with Gasteiger partial charge in [-0.25, -0.2) is 4.79 Å². The molecule has 1 rings (SSSR count). The van der Waals surface area contributed by atoms with E-state index in [1.54, 1.807) is 0 Å². The third kappa shape index (κ3) is 3.74. The van der Waals surface area contributed by atoms with Crippen LogP contribution in [0.4, 0.5) is 0 Å². The number of aliphatic hydroxyl groups excluding tert-OH is 2. The van der Waals surface area contributed by atoms with Gasteiger partial charge in [-0.15, -0.1) is 0 Å². The van der Waals surface area contributed by atoms with Crippen LogP contribution >= 0.6 is 0 Å². The summed E-state index contributed by atoms with van der Waals surface area (Å²) in [6.07, 6.45) is -2.22. The first-order valence-corrected chi connectivity index (χ1v) is 5.26. The zero-order valence-corrected chi connectivity index (χ0v) is 9.47. The third-order valence-electron chi connectivity index (χ3n) is 2.43. The van der Waals surface area contributed by atoms with Crippen LogP contribution in [0.15, 0.2) is 29.4 Å². The van der Waals surface area contributed by atoms with Crippen LogP contribution in [0, 0.1) is 0 Å². The average molecular weight is 251 g/mol. The van der Waals surface area contributed by atoms with Gasteiger partial charge in [0.25, 0.3) is 0 Å². The zero-order chi connectivity index (χ0) is 13.5. The van der Waals surface area contributed by atoms with Gasteiger partial charge in [-0.1, -0.05) is 17.2 Å². The van der Waals surface area contributed by atoms with Crippen LogP contribution in [0.2, 0.25) is 0 Å². The minimum atomic E-state index is -1.21. The lowest BCUT2D eigenvalue weighted by Crippen LogP contribution is -2.19. The van der Waals surface area contributed by atoms with Gasteiger partial charge in [0.2, 0.25) is 0 Å². The summed E-state index contributed by atoms with van der Waals surface area (Å²) in [5.41, 5.74) is 8.43. The molecule has 0 aliphatic carbocycles. The summed E-state index contributed by atoms with van der Waals surface area (Å²) < 4.78 is 0. The Bertz CT molecular complexity index is 471. The largest absolute Gasteiger partial charge is 0.478 e. The Balaban J connectivity index is 2.76. The number of aromatic carboxylic acids is 1. The van der Waals surface area contributed by atoms with E-state index in [1.165, 1.54) is 24.3 Å². The lowest BCUT2D eigenvalue weighted by atomic mass is 10.0. The molecule has 2 unspecified atom stereocenters. The van der Waals surface area contributed by atoms with Gasteiger partial charge >= 0.3 is 5.97 Å². The number of carbonyl (C=O) groups is 1. The Morgan fingerprint density at radius 2 is 2.17 bits per heavy atom. The monoisotopic (exact) mass is 251 g/mol. The van der Waals surface area contributed by atoms with Crippen LogP contribution in [-0.4, -0.2) is 33.9 Å². The summed E-state index contributed by atoms with van der Waals surface area (Å²) in [6, 6.07) is 5.70. The van der Waals surface area contributed by atoms with Crippen LogP contribution in [0.1, 0.15) is 28.4 Å². The first kappa shape index (κ1) is 14.0. The molecule has 7 heteroatoms. The molecule has 1 aromatic carbocycles. The van der Waals surface area contributed by atoms with E-state index >= 15 is 0 Å². The van der Waals surface area contributed by atoms with Crippen molar-refractivity contribution >= 4 is 5.97 Å². The molecule has 0 spiro atoms. The van der Waals surface area contributed by atoms with E-state index in [9.17, 15) is 15.0 Å². The van der Waals surface area contributed by atoms with Crippen molar-refractivity contribution in [3.8, 4) is 0 Å². The van der Waals surface area contributed by atoms with Gasteiger partial charge in [-0.3, -0.25) is 0 Å². The third-order valence-corrected chi connectivity index (χ3v) is 2.43. The molecular formula is C11H13N3O4. The molecule has 0 saturated carbocycles. The SMILES string of the molecule is [N-]=[N+]=NCCC(O)C(O)c1cccc(C(=O)O)c1. The molecule has 0 fully saturated rings. The summed E-state index contributed by atoms with van der Waals surface area (Å²) in [7, 11) is 0. The van der Waals surface area contributed by atoms with E-state index in [-0.39, 0.29) is 18.5 Å². The highest BCUT2D eigenvalue weighted by molar-refractivity contribution is 5.87. The fourth-order valence-corrected chi connectivity index (χ4v) is 1.47. The summed E-state index contributed by atoms with van der Waals surface area (Å²) in [6.45, 7) is 0.0628. The van der Waals surface area contributed by atoms with Gasteiger partial charge in [-0.05, 0) is 29.6 Å². The van der Waals surface area contributed by atoms with Gasteiger partial charge in [-0.2, -0.15) is 0 Å². The maximum Gasteiger partial charge on any atom is 0.335 e. The number of carboxylic acid groups (broad SMARTS) is 1. The number of hydrogen-bond acceptors (Lipinski definition) is 4. The fraction of sp³-hybridized carbons (Fsp3) is 0.364. The second-order valence-electron chi connectivity index (χ2n) is 3.69. The quantitative estimate of drug-likeness (QED) is 0.402. The van der Waals surface area contributed by atoms with Crippen LogP contribution < -0.4 is 0 Å². The second kappa shape index (κ2) is 6.61. The summed E-state index contributed by atoms with van der Waals surface area (Å²) in [5.74, 6) is -1.10. The lowest BCUT2D eigenvalue weighted by Gasteiger charge is -2.17. The Hall–Kier alpha value is -2.08. The number of benzene rings is 1. The first-order chi connectivity index (χ1) is 8.56. The highest BCUT2D eigenvalue weighted by atomic mass is 16.4. The maximum absolute atomic E-state index is 10.8. The smallest absolute Gasteiger partial charge is 0.335 e. The molecule has 0 bridgehead atoms. The van der Waals surface area contributed by atoms with Gasteiger partial charge < -0.3 is 15.3 Å². The predicted octanol–water partition coefficient (Wildman–Crippen LogP) is 1.48. The Kier molecular flexibility index (Phi) is 5.13. The van der Waals surface area contributed by atoms with E-state index in [0.717, 1.165) is 0 Å². The molecule has 3 N–H and O–H groups in total. The molecule has 0 saturated heterocycles. The predicted molar refractivity (Wildman–Crippen MR) is 63.0 cm³/mol. The topological polar surface area (TPSA) is 127 Å². The Labute approximate surface area is 103 Å². The molecule has 0 aromatic heterocycles. The van der Waals surface area contributed by atoms with Crippen LogP contribution in [0.3, 0.4) is 0 Å². The van der Waals surface area contributed by atoms with Crippen molar-refractivity contribution in [2.45, 2.75) is 18.6 Å². The van der Waals surface area contributed by atoms with Crippen molar-refractivity contribution in [2.75, 3.05) is 6.54 Å². The Morgan fingerprint density at radius 3 is 2.78 bits per heavy atom. The molecule has 0 aliphatic heterocycles. The number of azide groups is 1. The number of carboxylic acids is 1. The normalized spacial score (nSPS) is 13.4. The standard InChI is InChI=1S/C11H13N3O4/c12-14-13-5-4-9(15)10(16)7-2-1-3-8(6-7)11(17)18/h1-3,6,9-10,15-16H,4-5H2,(H,17,18). The van der Waals surface area contributed by atoms with Crippen LogP contribution in [0.5, 0.6) is 0 Å². The number of hydrogen-bond donors (Lipinski definition) is 3. The van der Waals surface area contributed by atoms with E-state index in [0.29, 0.717) is 5.56 Å². The molecule has 96 valence electrons. The van der Waals surface area contributed by atoms with Gasteiger partial charge in [0.05, 0.1) is 11.7 Å². The molecular weight excluding hydrogens is 238 g/mol. The fourth-order valence-electron chi connectivity index (χ4n) is 1.47. The van der Waals surface area contributed by atoms with Crippen molar-refractivity contribution in [3.05, 3.63) is 45.8 Å². The zero-order valence-electron chi connectivity index (χ0n) is 9.47. The van der Waals surface area contributed by atoms with Crippen molar-refractivity contribution in [3.63, 3.8) is 0 Å². The summed E-state index contributed by atoms with van der Waals surface area (Å²) in [4.78, 5) is 13.3. The highest BCUT2D eigenvalue weighted by Crippen LogP contribution is 2.20. The summed E-state index contributed by atoms with van der Waals surface area (Å²) in [5, 5.41) is 31.5. The minimum absolute atomic E-state index is 0.0359. The number of nitrogens with zero attached hydrogens (tertiary/aromatic N) is 3. The summed E-state index contributed by atoms with van der Waals surface area (Å²) >= 11 is 0. The number of rotatable bonds is 6. The molecule has 2 atom stereocenters. The van der Waals surface area contributed by atoms with Gasteiger partial charge in [0.15, 0.2) is 0 Å². The van der Waals surface area contributed by atoms with E-state index in [2.05, 4.69) is 10.0 Å².